The third kappa shape index (κ3) is 3.21. The quantitative estimate of drug-likeness (QED) is 0.184. The van der Waals surface area contributed by atoms with Crippen molar-refractivity contribution in [1.29, 1.82) is 0 Å². The van der Waals surface area contributed by atoms with Crippen molar-refractivity contribution >= 4 is 109 Å². The Morgan fingerprint density at radius 2 is 0.962 bits per heavy atom. The van der Waals surface area contributed by atoms with E-state index in [1.54, 1.807) is 0 Å². The number of aromatic nitrogens is 3. The second kappa shape index (κ2) is 9.33. The summed E-state index contributed by atoms with van der Waals surface area (Å²) in [7, 11) is 0. The van der Waals surface area contributed by atoms with Crippen LogP contribution in [0.2, 0.25) is 0 Å². The molecule has 0 aliphatic carbocycles. The predicted molar refractivity (Wildman–Crippen MR) is 210 cm³/mol. The molecule has 0 aliphatic rings. The second-order valence-electron chi connectivity index (χ2n) is 13.6. The van der Waals surface area contributed by atoms with E-state index >= 15 is 0 Å². The molecule has 13 rings (SSSR count). The zero-order chi connectivity index (χ0) is 33.7. The van der Waals surface area contributed by atoms with E-state index in [1.807, 2.05) is 36.4 Å². The van der Waals surface area contributed by atoms with Crippen LogP contribution in [-0.4, -0.2) is 14.5 Å². The third-order valence-electron chi connectivity index (χ3n) is 11.0. The van der Waals surface area contributed by atoms with E-state index < -0.39 is 0 Å². The lowest BCUT2D eigenvalue weighted by molar-refractivity contribution is 0.662. The van der Waals surface area contributed by atoms with Gasteiger partial charge in [-0.2, -0.15) is 0 Å². The number of benzene rings is 7. The first-order valence-corrected chi connectivity index (χ1v) is 17.4. The minimum atomic E-state index is 0.555. The average Bonchev–Trinajstić information content (AvgIpc) is 3.95. The van der Waals surface area contributed by atoms with E-state index in [0.717, 1.165) is 93.1 Å². The maximum atomic E-state index is 6.60. The smallest absolute Gasteiger partial charge is 0.236 e. The topological polar surface area (TPSA) is 70.1 Å². The van der Waals surface area contributed by atoms with E-state index in [-0.39, 0.29) is 0 Å². The van der Waals surface area contributed by atoms with Gasteiger partial charge in [-0.1, -0.05) is 91.0 Å². The highest BCUT2D eigenvalue weighted by molar-refractivity contribution is 6.38. The number of nitrogens with zero attached hydrogens (tertiary/aromatic N) is 3. The maximum absolute atomic E-state index is 6.60. The summed E-state index contributed by atoms with van der Waals surface area (Å²) < 4.78 is 22.0. The normalized spacial score (nSPS) is 12.6. The molecule has 0 spiro atoms. The minimum Gasteiger partial charge on any atom is -0.456 e. The van der Waals surface area contributed by atoms with Gasteiger partial charge in [0, 0.05) is 43.3 Å². The van der Waals surface area contributed by atoms with Crippen molar-refractivity contribution in [2.24, 2.45) is 0 Å². The minimum absolute atomic E-state index is 0.555. The fourth-order valence-corrected chi connectivity index (χ4v) is 8.87. The molecule has 0 bridgehead atoms. The molecule has 0 saturated carbocycles. The molecule has 6 nitrogen and oxygen atoms in total. The van der Waals surface area contributed by atoms with Gasteiger partial charge < -0.3 is 13.3 Å². The number of rotatable bonds is 2. The number of furan rings is 3. The molecule has 0 N–H and O–H groups in total. The Kier molecular flexibility index (Phi) is 4.78. The first-order chi connectivity index (χ1) is 25.8. The maximum Gasteiger partial charge on any atom is 0.236 e. The molecule has 13 aromatic rings. The van der Waals surface area contributed by atoms with E-state index in [9.17, 15) is 0 Å². The molecule has 0 atom stereocenters. The van der Waals surface area contributed by atoms with Crippen LogP contribution in [0.3, 0.4) is 0 Å². The van der Waals surface area contributed by atoms with Crippen molar-refractivity contribution in [3.63, 3.8) is 0 Å². The van der Waals surface area contributed by atoms with Gasteiger partial charge >= 0.3 is 0 Å². The van der Waals surface area contributed by atoms with Crippen molar-refractivity contribution in [2.45, 2.75) is 0 Å². The molecule has 5 aromatic heterocycles. The van der Waals surface area contributed by atoms with Crippen LogP contribution >= 0.6 is 0 Å². The lowest BCUT2D eigenvalue weighted by Crippen LogP contribution is -2.03. The Labute approximate surface area is 293 Å². The van der Waals surface area contributed by atoms with E-state index in [2.05, 4.69) is 108 Å². The molecule has 8 aromatic carbocycles. The van der Waals surface area contributed by atoms with Gasteiger partial charge in [0.15, 0.2) is 5.58 Å². The highest BCUT2D eigenvalue weighted by Crippen LogP contribution is 2.47. The Balaban J connectivity index is 1.25. The molecular formula is C46H23N3O3. The van der Waals surface area contributed by atoms with Crippen molar-refractivity contribution < 1.29 is 13.3 Å². The van der Waals surface area contributed by atoms with Crippen molar-refractivity contribution in [1.82, 2.24) is 14.5 Å². The highest BCUT2D eigenvalue weighted by Gasteiger charge is 2.26. The fraction of sp³-hybridized carbons (Fsp3) is 0. The van der Waals surface area contributed by atoms with E-state index in [4.69, 9.17) is 23.2 Å². The SMILES string of the molecule is c1ccc2c(c1)oc1c(-c3nc(-n4c5cccc6c7ccccc7c7cccc8oc9ccc4c(c9c87)c65)nc4c3oc3ccccc34)cccc12. The fourth-order valence-electron chi connectivity index (χ4n) is 8.87. The Hall–Kier alpha value is -7.18. The Morgan fingerprint density at radius 1 is 0.365 bits per heavy atom. The summed E-state index contributed by atoms with van der Waals surface area (Å²) in [5.41, 5.74) is 9.01. The van der Waals surface area contributed by atoms with Gasteiger partial charge in [-0.25, -0.2) is 9.97 Å². The number of fused-ring (bicyclic) bond motifs is 9. The van der Waals surface area contributed by atoms with Crippen molar-refractivity contribution in [2.75, 3.05) is 0 Å². The van der Waals surface area contributed by atoms with Crippen LogP contribution in [0.25, 0.3) is 127 Å². The van der Waals surface area contributed by atoms with Gasteiger partial charge in [0.25, 0.3) is 0 Å². The van der Waals surface area contributed by atoms with Crippen LogP contribution in [0.5, 0.6) is 0 Å². The molecule has 6 heteroatoms. The number of hydrogen-bond acceptors (Lipinski definition) is 5. The van der Waals surface area contributed by atoms with Crippen LogP contribution in [0.4, 0.5) is 0 Å². The lowest BCUT2D eigenvalue weighted by Gasteiger charge is -2.10. The molecule has 0 saturated heterocycles. The molecular weight excluding hydrogens is 643 g/mol. The summed E-state index contributed by atoms with van der Waals surface area (Å²) in [6, 6.07) is 48.3. The Morgan fingerprint density at radius 3 is 1.81 bits per heavy atom. The van der Waals surface area contributed by atoms with Crippen LogP contribution in [-0.2, 0) is 0 Å². The van der Waals surface area contributed by atoms with Gasteiger partial charge in [0.05, 0.1) is 11.0 Å². The summed E-state index contributed by atoms with van der Waals surface area (Å²) in [5.74, 6) is 0.555. The third-order valence-corrected chi connectivity index (χ3v) is 11.0. The molecule has 0 aliphatic heterocycles. The number of hydrogen-bond donors (Lipinski definition) is 0. The molecule has 0 amide bonds. The van der Waals surface area contributed by atoms with Crippen molar-refractivity contribution in [3.05, 3.63) is 140 Å². The largest absolute Gasteiger partial charge is 0.456 e. The van der Waals surface area contributed by atoms with Crippen LogP contribution < -0.4 is 0 Å². The molecule has 240 valence electrons. The first-order valence-electron chi connectivity index (χ1n) is 17.4. The highest BCUT2D eigenvalue weighted by atomic mass is 16.3. The van der Waals surface area contributed by atoms with E-state index in [0.29, 0.717) is 17.2 Å². The molecule has 52 heavy (non-hydrogen) atoms. The summed E-state index contributed by atoms with van der Waals surface area (Å²) in [6.45, 7) is 0. The zero-order valence-electron chi connectivity index (χ0n) is 27.3. The summed E-state index contributed by atoms with van der Waals surface area (Å²) in [6.07, 6.45) is 0. The standard InChI is InChI=1S/C46H23N3O3/c1-2-11-25-24(10-1)27-14-8-18-32-38(27)40-33(22-23-37-41(40)39-28(25)15-9-21-36(39)50-37)49(32)46-47-42-30-13-4-6-20-35(30)52-45(42)43(48-46)31-17-7-16-29-26-12-3-5-19-34(26)51-44(29)31/h1-23H. The summed E-state index contributed by atoms with van der Waals surface area (Å²) in [5, 5.41) is 12.2. The first kappa shape index (κ1) is 26.7. The van der Waals surface area contributed by atoms with Crippen molar-refractivity contribution in [3.8, 4) is 17.2 Å². The molecule has 0 radical (unpaired) electrons. The number of para-hydroxylation sites is 3. The summed E-state index contributed by atoms with van der Waals surface area (Å²) in [4.78, 5) is 10.8. The van der Waals surface area contributed by atoms with Gasteiger partial charge in [0.1, 0.15) is 39.1 Å². The lowest BCUT2D eigenvalue weighted by atomic mass is 9.95. The summed E-state index contributed by atoms with van der Waals surface area (Å²) >= 11 is 0. The zero-order valence-corrected chi connectivity index (χ0v) is 27.3. The van der Waals surface area contributed by atoms with Gasteiger partial charge in [-0.15, -0.1) is 0 Å². The van der Waals surface area contributed by atoms with E-state index in [1.165, 1.54) is 16.2 Å². The second-order valence-corrected chi connectivity index (χ2v) is 13.6. The molecule has 5 heterocycles. The average molecular weight is 666 g/mol. The van der Waals surface area contributed by atoms with Crippen LogP contribution in [0, 0.1) is 0 Å². The predicted octanol–water partition coefficient (Wildman–Crippen LogP) is 12.7. The van der Waals surface area contributed by atoms with Crippen LogP contribution in [0.1, 0.15) is 0 Å². The van der Waals surface area contributed by atoms with Crippen LogP contribution in [0.15, 0.2) is 153 Å². The monoisotopic (exact) mass is 665 g/mol. The Bertz CT molecular complexity index is 3650. The molecule has 0 fully saturated rings. The van der Waals surface area contributed by atoms with Gasteiger partial charge in [-0.05, 0) is 70.1 Å². The molecule has 0 unspecified atom stereocenters. The van der Waals surface area contributed by atoms with Gasteiger partial charge in [0.2, 0.25) is 5.95 Å². The van der Waals surface area contributed by atoms with Gasteiger partial charge in [-0.3, -0.25) is 4.57 Å².